The van der Waals surface area contributed by atoms with E-state index in [1.807, 2.05) is 21.1 Å². The SMILES string of the molecule is CC/C=C\C/C=C\C/C=C\C/C=C\CCCCC(=O)O[C@H](COC(=O)CCCCCCCCC/C=C\CCCCCCCCCC)COP(=O)(O)OCC[N+](C)(C)C. The normalized spacial score (nSPS) is 14.1. The van der Waals surface area contributed by atoms with Crippen molar-refractivity contribution >= 4 is 19.8 Å². The Morgan fingerprint density at radius 3 is 1.52 bits per heavy atom. The molecule has 0 heterocycles. The maximum absolute atomic E-state index is 12.7. The Hall–Kier alpha value is -2.29. The minimum absolute atomic E-state index is 0.0206. The molecule has 0 saturated heterocycles. The van der Waals surface area contributed by atoms with Crippen LogP contribution in [-0.4, -0.2) is 74.9 Å². The number of esters is 2. The first-order valence-corrected chi connectivity index (χ1v) is 24.5. The number of unbranched alkanes of at least 4 members (excludes halogenated alkanes) is 17. The molecule has 0 aromatic rings. The molecular weight excluding hydrogens is 750 g/mol. The molecule has 0 rings (SSSR count). The fourth-order valence-corrected chi connectivity index (χ4v) is 6.68. The lowest BCUT2D eigenvalue weighted by Crippen LogP contribution is -2.37. The fraction of sp³-hybridized carbons (Fsp3) is 0.750. The second-order valence-electron chi connectivity index (χ2n) is 16.4. The molecule has 58 heavy (non-hydrogen) atoms. The summed E-state index contributed by atoms with van der Waals surface area (Å²) in [5.74, 6) is -0.854. The Kier molecular flexibility index (Phi) is 38.5. The minimum Gasteiger partial charge on any atom is -0.462 e. The van der Waals surface area contributed by atoms with Gasteiger partial charge in [0.05, 0.1) is 27.7 Å². The van der Waals surface area contributed by atoms with Crippen molar-refractivity contribution in [2.75, 3.05) is 47.5 Å². The average molecular weight is 837 g/mol. The highest BCUT2D eigenvalue weighted by atomic mass is 31.2. The Morgan fingerprint density at radius 1 is 0.552 bits per heavy atom. The van der Waals surface area contributed by atoms with Gasteiger partial charge in [-0.05, 0) is 77.0 Å². The number of ether oxygens (including phenoxy) is 2. The van der Waals surface area contributed by atoms with E-state index in [4.69, 9.17) is 18.5 Å². The molecule has 0 bridgehead atoms. The summed E-state index contributed by atoms with van der Waals surface area (Å²) < 4.78 is 34.3. The molecule has 0 fully saturated rings. The van der Waals surface area contributed by atoms with Crippen molar-refractivity contribution in [2.45, 2.75) is 187 Å². The number of nitrogens with zero attached hydrogens (tertiary/aromatic N) is 1. The molecule has 0 aromatic heterocycles. The molecule has 2 atom stereocenters. The van der Waals surface area contributed by atoms with Gasteiger partial charge in [0.15, 0.2) is 6.10 Å². The summed E-state index contributed by atoms with van der Waals surface area (Å²) in [6.45, 7) is 4.25. The Balaban J connectivity index is 4.38. The van der Waals surface area contributed by atoms with Crippen molar-refractivity contribution in [3.63, 3.8) is 0 Å². The third kappa shape index (κ3) is 43.3. The topological polar surface area (TPSA) is 108 Å². The van der Waals surface area contributed by atoms with E-state index in [9.17, 15) is 19.0 Å². The maximum atomic E-state index is 12.7. The predicted octanol–water partition coefficient (Wildman–Crippen LogP) is 13.2. The summed E-state index contributed by atoms with van der Waals surface area (Å²) in [7, 11) is 1.44. The van der Waals surface area contributed by atoms with Crippen molar-refractivity contribution in [3.8, 4) is 0 Å². The van der Waals surface area contributed by atoms with Crippen molar-refractivity contribution in [2.24, 2.45) is 0 Å². The van der Waals surface area contributed by atoms with Crippen LogP contribution in [-0.2, 0) is 32.7 Å². The van der Waals surface area contributed by atoms with Crippen LogP contribution in [0.4, 0.5) is 0 Å². The maximum Gasteiger partial charge on any atom is 0.472 e. The van der Waals surface area contributed by atoms with Crippen LogP contribution in [0.2, 0.25) is 0 Å². The van der Waals surface area contributed by atoms with Gasteiger partial charge in [-0.3, -0.25) is 18.6 Å². The number of likely N-dealkylation sites (N-methyl/N-ethyl adjacent to an activating group) is 1. The Bertz CT molecular complexity index is 1170. The van der Waals surface area contributed by atoms with Gasteiger partial charge in [-0.25, -0.2) is 4.57 Å². The number of quaternary nitrogens is 1. The lowest BCUT2D eigenvalue weighted by Gasteiger charge is -2.24. The van der Waals surface area contributed by atoms with Crippen LogP contribution >= 0.6 is 7.82 Å². The molecule has 0 amide bonds. The molecule has 336 valence electrons. The van der Waals surface area contributed by atoms with Crippen molar-refractivity contribution in [1.29, 1.82) is 0 Å². The van der Waals surface area contributed by atoms with Gasteiger partial charge in [-0.2, -0.15) is 0 Å². The van der Waals surface area contributed by atoms with E-state index in [0.717, 1.165) is 70.6 Å². The third-order valence-corrected chi connectivity index (χ3v) is 10.5. The third-order valence-electron chi connectivity index (χ3n) is 9.53. The quantitative estimate of drug-likeness (QED) is 0.0213. The van der Waals surface area contributed by atoms with Gasteiger partial charge < -0.3 is 18.9 Å². The number of carbonyl (C=O) groups is 2. The van der Waals surface area contributed by atoms with Gasteiger partial charge in [0.25, 0.3) is 0 Å². The van der Waals surface area contributed by atoms with E-state index in [0.29, 0.717) is 17.4 Å². The molecule has 0 aliphatic heterocycles. The lowest BCUT2D eigenvalue weighted by molar-refractivity contribution is -0.870. The summed E-state index contributed by atoms with van der Waals surface area (Å²) in [5, 5.41) is 0. The smallest absolute Gasteiger partial charge is 0.462 e. The van der Waals surface area contributed by atoms with Crippen molar-refractivity contribution in [3.05, 3.63) is 60.8 Å². The molecule has 0 radical (unpaired) electrons. The summed E-state index contributed by atoms with van der Waals surface area (Å²) >= 11 is 0. The van der Waals surface area contributed by atoms with Crippen LogP contribution in [0.5, 0.6) is 0 Å². The number of allylic oxidation sites excluding steroid dienone is 10. The number of phosphoric acid groups is 1. The van der Waals surface area contributed by atoms with Crippen LogP contribution < -0.4 is 0 Å². The molecule has 0 spiro atoms. The first-order chi connectivity index (χ1) is 28.0. The first kappa shape index (κ1) is 55.7. The number of phosphoric ester groups is 1. The zero-order chi connectivity index (χ0) is 42.8. The van der Waals surface area contributed by atoms with Gasteiger partial charge >= 0.3 is 19.8 Å². The molecule has 0 aliphatic rings. The van der Waals surface area contributed by atoms with Crippen LogP contribution in [0.15, 0.2) is 60.8 Å². The van der Waals surface area contributed by atoms with E-state index >= 15 is 0 Å². The van der Waals surface area contributed by atoms with Gasteiger partial charge in [0.2, 0.25) is 0 Å². The summed E-state index contributed by atoms with van der Waals surface area (Å²) in [6, 6.07) is 0. The first-order valence-electron chi connectivity index (χ1n) is 23.0. The molecule has 0 aliphatic carbocycles. The van der Waals surface area contributed by atoms with Crippen molar-refractivity contribution < 1.29 is 42.1 Å². The van der Waals surface area contributed by atoms with Crippen LogP contribution in [0, 0.1) is 0 Å². The minimum atomic E-state index is -4.39. The summed E-state index contributed by atoms with van der Waals surface area (Å²) in [5.41, 5.74) is 0. The number of rotatable bonds is 41. The highest BCUT2D eigenvalue weighted by Gasteiger charge is 2.27. The second-order valence-corrected chi connectivity index (χ2v) is 17.9. The standard InChI is InChI=1S/C48H86NO8P/c1-6-8-10-12-14-16-18-20-22-23-24-25-27-28-30-32-34-36-38-40-47(50)54-44-46(45-56-58(52,53)55-43-42-49(3,4)5)57-48(51)41-39-37-35-33-31-29-26-21-19-17-15-13-11-9-7-2/h9,11,15,17,21,23-24,26,31,33,46H,6-8,10,12-14,16,18-20,22,25,27-30,32,34-45H2,1-5H3/p+1/b11-9-,17-15-,24-23-,26-21-,33-31-/t46-/m1/s1. The largest absolute Gasteiger partial charge is 0.472 e. The van der Waals surface area contributed by atoms with E-state index < -0.39 is 26.5 Å². The molecule has 0 aromatic carbocycles. The zero-order valence-corrected chi connectivity index (χ0v) is 38.7. The molecule has 0 saturated carbocycles. The van der Waals surface area contributed by atoms with E-state index in [1.165, 1.54) is 77.0 Å². The molecule has 10 heteroatoms. The fourth-order valence-electron chi connectivity index (χ4n) is 5.94. The summed E-state index contributed by atoms with van der Waals surface area (Å²) in [6.07, 6.45) is 48.5. The number of hydrogen-bond acceptors (Lipinski definition) is 7. The van der Waals surface area contributed by atoms with Crippen LogP contribution in [0.25, 0.3) is 0 Å². The van der Waals surface area contributed by atoms with E-state index in [-0.39, 0.29) is 32.0 Å². The van der Waals surface area contributed by atoms with E-state index in [1.54, 1.807) is 0 Å². The van der Waals surface area contributed by atoms with Crippen LogP contribution in [0.1, 0.15) is 181 Å². The highest BCUT2D eigenvalue weighted by Crippen LogP contribution is 2.43. The Morgan fingerprint density at radius 2 is 0.983 bits per heavy atom. The van der Waals surface area contributed by atoms with Gasteiger partial charge in [0.1, 0.15) is 19.8 Å². The van der Waals surface area contributed by atoms with Gasteiger partial charge in [-0.1, -0.05) is 152 Å². The zero-order valence-electron chi connectivity index (χ0n) is 37.8. The Labute approximate surface area is 356 Å². The summed E-state index contributed by atoms with van der Waals surface area (Å²) in [4.78, 5) is 35.4. The number of carbonyl (C=O) groups excluding carboxylic acids is 2. The second kappa shape index (κ2) is 40.1. The van der Waals surface area contributed by atoms with Crippen molar-refractivity contribution in [1.82, 2.24) is 0 Å². The lowest BCUT2D eigenvalue weighted by atomic mass is 10.1. The average Bonchev–Trinajstić information content (AvgIpc) is 3.17. The van der Waals surface area contributed by atoms with Gasteiger partial charge in [0, 0.05) is 12.8 Å². The number of hydrogen-bond donors (Lipinski definition) is 1. The monoisotopic (exact) mass is 837 g/mol. The van der Waals surface area contributed by atoms with Gasteiger partial charge in [-0.15, -0.1) is 0 Å². The molecule has 1 N–H and O–H groups in total. The molecular formula is C48H87NO8P+. The van der Waals surface area contributed by atoms with Crippen LogP contribution in [0.3, 0.4) is 0 Å². The predicted molar refractivity (Wildman–Crippen MR) is 243 cm³/mol. The molecule has 1 unspecified atom stereocenters. The molecule has 9 nitrogen and oxygen atoms in total. The highest BCUT2D eigenvalue weighted by molar-refractivity contribution is 7.47. The van der Waals surface area contributed by atoms with E-state index in [2.05, 4.69) is 74.6 Å².